The summed E-state index contributed by atoms with van der Waals surface area (Å²) in [5, 5.41) is 0. The molecule has 34 heavy (non-hydrogen) atoms. The summed E-state index contributed by atoms with van der Waals surface area (Å²) in [5.41, 5.74) is 0.701. The monoisotopic (exact) mass is 499 g/mol. The maximum absolute atomic E-state index is 14.3. The Morgan fingerprint density at radius 2 is 2.00 bits per heavy atom. The van der Waals surface area contributed by atoms with Gasteiger partial charge < -0.3 is 9.47 Å². The molecule has 7 nitrogen and oxygen atoms in total. The van der Waals surface area contributed by atoms with Crippen LogP contribution in [0.25, 0.3) is 11.7 Å². The standard InChI is InChI=1S/C24H22FN3O4S2/c1-3-31-13-7-12-28-23(30)19(34-24(28)33)14-16-21(32-18-10-5-4-9-17(18)25)26-20-15(2)8-6-11-27(20)22(16)29/h4-6,8-11,14H,3,7,12-13H2,1-2H3/b19-14+. The van der Waals surface area contributed by atoms with E-state index in [0.717, 1.165) is 17.3 Å². The summed E-state index contributed by atoms with van der Waals surface area (Å²) in [4.78, 5) is 32.7. The molecule has 2 aromatic heterocycles. The van der Waals surface area contributed by atoms with Gasteiger partial charge in [-0.3, -0.25) is 18.9 Å². The van der Waals surface area contributed by atoms with Crippen molar-refractivity contribution in [3.8, 4) is 11.6 Å². The second kappa shape index (κ2) is 10.5. The Morgan fingerprint density at radius 1 is 1.21 bits per heavy atom. The fraction of sp³-hybridized carbons (Fsp3) is 0.250. The summed E-state index contributed by atoms with van der Waals surface area (Å²) >= 11 is 6.48. The Hall–Kier alpha value is -3.08. The Balaban J connectivity index is 1.77. The molecule has 0 radical (unpaired) electrons. The molecular formula is C24H22FN3O4S2. The van der Waals surface area contributed by atoms with Crippen LogP contribution in [0.3, 0.4) is 0 Å². The molecule has 3 heterocycles. The van der Waals surface area contributed by atoms with Crippen LogP contribution in [-0.2, 0) is 9.53 Å². The van der Waals surface area contributed by atoms with Crippen LogP contribution < -0.4 is 10.3 Å². The zero-order chi connectivity index (χ0) is 24.2. The molecule has 3 aromatic rings. The Bertz CT molecular complexity index is 1360. The highest BCUT2D eigenvalue weighted by molar-refractivity contribution is 8.26. The molecule has 0 bridgehead atoms. The smallest absolute Gasteiger partial charge is 0.269 e. The van der Waals surface area contributed by atoms with Crippen LogP contribution in [0.4, 0.5) is 4.39 Å². The van der Waals surface area contributed by atoms with Crippen LogP contribution in [0.1, 0.15) is 24.5 Å². The van der Waals surface area contributed by atoms with Gasteiger partial charge in [0.1, 0.15) is 15.5 Å². The molecule has 0 N–H and O–H groups in total. The van der Waals surface area contributed by atoms with E-state index in [-0.39, 0.29) is 28.0 Å². The first-order chi connectivity index (χ1) is 16.4. The maximum Gasteiger partial charge on any atom is 0.269 e. The number of amides is 1. The van der Waals surface area contributed by atoms with Crippen molar-refractivity contribution in [2.45, 2.75) is 20.3 Å². The van der Waals surface area contributed by atoms with Crippen molar-refractivity contribution in [3.63, 3.8) is 0 Å². The predicted molar refractivity (Wildman–Crippen MR) is 134 cm³/mol. The number of carbonyl (C=O) groups is 1. The highest BCUT2D eigenvalue weighted by atomic mass is 32.2. The molecule has 1 aromatic carbocycles. The summed E-state index contributed by atoms with van der Waals surface area (Å²) in [6, 6.07) is 9.38. The summed E-state index contributed by atoms with van der Waals surface area (Å²) in [5.74, 6) is -1.07. The molecule has 1 amide bonds. The lowest BCUT2D eigenvalue weighted by Gasteiger charge is -2.14. The van der Waals surface area contributed by atoms with E-state index in [1.807, 2.05) is 19.9 Å². The summed E-state index contributed by atoms with van der Waals surface area (Å²) in [6.45, 7) is 5.24. The zero-order valence-corrected chi connectivity index (χ0v) is 20.2. The number of pyridine rings is 1. The third kappa shape index (κ3) is 4.89. The predicted octanol–water partition coefficient (Wildman–Crippen LogP) is 4.56. The average molecular weight is 500 g/mol. The van der Waals surface area contributed by atoms with Crippen molar-refractivity contribution < 1.29 is 18.7 Å². The molecule has 1 saturated heterocycles. The number of ether oxygens (including phenoxy) is 2. The van der Waals surface area contributed by atoms with Gasteiger partial charge in [0.05, 0.1) is 4.91 Å². The first kappa shape index (κ1) is 24.1. The van der Waals surface area contributed by atoms with Crippen LogP contribution >= 0.6 is 24.0 Å². The van der Waals surface area contributed by atoms with E-state index >= 15 is 0 Å². The van der Waals surface area contributed by atoms with E-state index in [4.69, 9.17) is 21.7 Å². The van der Waals surface area contributed by atoms with Gasteiger partial charge in [-0.1, -0.05) is 42.2 Å². The van der Waals surface area contributed by atoms with Crippen molar-refractivity contribution >= 4 is 45.9 Å². The van der Waals surface area contributed by atoms with Crippen LogP contribution in [-0.4, -0.2) is 44.3 Å². The van der Waals surface area contributed by atoms with E-state index in [9.17, 15) is 14.0 Å². The second-order valence-electron chi connectivity index (χ2n) is 7.44. The number of halogens is 1. The SMILES string of the molecule is CCOCCCN1C(=O)/C(=C\c2c(Oc3ccccc3F)nc3c(C)cccn3c2=O)SC1=S. The number of nitrogens with zero attached hydrogens (tertiary/aromatic N) is 3. The van der Waals surface area contributed by atoms with Crippen LogP contribution in [0.5, 0.6) is 11.6 Å². The quantitative estimate of drug-likeness (QED) is 0.256. The van der Waals surface area contributed by atoms with E-state index in [2.05, 4.69) is 4.98 Å². The van der Waals surface area contributed by atoms with E-state index in [0.29, 0.717) is 36.1 Å². The van der Waals surface area contributed by atoms with Gasteiger partial charge in [-0.25, -0.2) is 4.39 Å². The van der Waals surface area contributed by atoms with Crippen molar-refractivity contribution in [1.29, 1.82) is 0 Å². The van der Waals surface area contributed by atoms with Gasteiger partial charge in [-0.05, 0) is 50.1 Å². The normalized spacial score (nSPS) is 15.0. The molecule has 176 valence electrons. The number of carbonyl (C=O) groups excluding carboxylic acids is 1. The van der Waals surface area contributed by atoms with Gasteiger partial charge in [-0.2, -0.15) is 4.98 Å². The molecule has 0 atom stereocenters. The largest absolute Gasteiger partial charge is 0.435 e. The number of benzene rings is 1. The number of thiocarbonyl (C=S) groups is 1. The average Bonchev–Trinajstić information content (AvgIpc) is 3.08. The molecule has 1 aliphatic heterocycles. The minimum Gasteiger partial charge on any atom is -0.435 e. The number of para-hydroxylation sites is 1. The first-order valence-electron chi connectivity index (χ1n) is 10.7. The van der Waals surface area contributed by atoms with E-state index in [1.165, 1.54) is 33.6 Å². The van der Waals surface area contributed by atoms with Gasteiger partial charge in [0, 0.05) is 26.0 Å². The number of hydrogen-bond acceptors (Lipinski definition) is 7. The van der Waals surface area contributed by atoms with E-state index in [1.54, 1.807) is 18.3 Å². The minimum atomic E-state index is -0.596. The maximum atomic E-state index is 14.3. The van der Waals surface area contributed by atoms with Crippen molar-refractivity contribution in [3.05, 3.63) is 74.8 Å². The van der Waals surface area contributed by atoms with Gasteiger partial charge in [0.15, 0.2) is 11.6 Å². The number of fused-ring (bicyclic) bond motifs is 1. The molecule has 0 unspecified atom stereocenters. The Morgan fingerprint density at radius 3 is 2.76 bits per heavy atom. The molecular weight excluding hydrogens is 477 g/mol. The van der Waals surface area contributed by atoms with Gasteiger partial charge in [-0.15, -0.1) is 0 Å². The number of aryl methyl sites for hydroxylation is 1. The lowest BCUT2D eigenvalue weighted by atomic mass is 10.2. The first-order valence-corrected chi connectivity index (χ1v) is 11.9. The Kier molecular flexibility index (Phi) is 7.40. The highest BCUT2D eigenvalue weighted by Gasteiger charge is 2.32. The van der Waals surface area contributed by atoms with E-state index < -0.39 is 11.4 Å². The molecule has 1 fully saturated rings. The van der Waals surface area contributed by atoms with Gasteiger partial charge in [0.2, 0.25) is 5.88 Å². The van der Waals surface area contributed by atoms with Crippen molar-refractivity contribution in [2.75, 3.05) is 19.8 Å². The molecule has 0 saturated carbocycles. The number of rotatable bonds is 8. The number of aromatic nitrogens is 2. The molecule has 10 heteroatoms. The molecule has 1 aliphatic rings. The number of hydrogen-bond donors (Lipinski definition) is 0. The zero-order valence-electron chi connectivity index (χ0n) is 18.6. The molecule has 0 spiro atoms. The molecule has 4 rings (SSSR count). The second-order valence-corrected chi connectivity index (χ2v) is 9.11. The topological polar surface area (TPSA) is 73.1 Å². The van der Waals surface area contributed by atoms with Crippen LogP contribution in [0, 0.1) is 12.7 Å². The van der Waals surface area contributed by atoms with Gasteiger partial charge >= 0.3 is 0 Å². The third-order valence-electron chi connectivity index (χ3n) is 5.12. The number of thioether (sulfide) groups is 1. The molecule has 0 aliphatic carbocycles. The summed E-state index contributed by atoms with van der Waals surface area (Å²) < 4.78 is 27.2. The lowest BCUT2D eigenvalue weighted by Crippen LogP contribution is -2.29. The van der Waals surface area contributed by atoms with Crippen LogP contribution in [0.15, 0.2) is 52.3 Å². The lowest BCUT2D eigenvalue weighted by molar-refractivity contribution is -0.122. The summed E-state index contributed by atoms with van der Waals surface area (Å²) in [6.07, 6.45) is 3.64. The summed E-state index contributed by atoms with van der Waals surface area (Å²) in [7, 11) is 0. The van der Waals surface area contributed by atoms with Crippen molar-refractivity contribution in [1.82, 2.24) is 14.3 Å². The van der Waals surface area contributed by atoms with Crippen molar-refractivity contribution in [2.24, 2.45) is 0 Å². The fourth-order valence-electron chi connectivity index (χ4n) is 3.42. The Labute approximate surface area is 205 Å². The van der Waals surface area contributed by atoms with Crippen LogP contribution in [0.2, 0.25) is 0 Å². The third-order valence-corrected chi connectivity index (χ3v) is 6.49. The highest BCUT2D eigenvalue weighted by Crippen LogP contribution is 2.34. The van der Waals surface area contributed by atoms with Gasteiger partial charge in [0.25, 0.3) is 11.5 Å². The fourth-order valence-corrected chi connectivity index (χ4v) is 4.71. The minimum absolute atomic E-state index is 0.0289.